The summed E-state index contributed by atoms with van der Waals surface area (Å²) in [6, 6.07) is 6.01. The molecule has 0 spiro atoms. The van der Waals surface area contributed by atoms with Crippen molar-refractivity contribution in [3.8, 4) is 11.4 Å². The molecular formula is C13H12FN3O2S. The molecule has 0 bridgehead atoms. The fourth-order valence-corrected chi connectivity index (χ4v) is 2.32. The second-order valence-electron chi connectivity index (χ2n) is 3.90. The van der Waals surface area contributed by atoms with Gasteiger partial charge in [-0.25, -0.2) is 4.39 Å². The Morgan fingerprint density at radius 3 is 2.95 bits per heavy atom. The average Bonchev–Trinajstić information content (AvgIpc) is 2.80. The molecule has 0 aliphatic carbocycles. The van der Waals surface area contributed by atoms with Gasteiger partial charge in [0.25, 0.3) is 0 Å². The van der Waals surface area contributed by atoms with Gasteiger partial charge in [-0.3, -0.25) is 9.36 Å². The predicted octanol–water partition coefficient (Wildman–Crippen LogP) is 2.45. The third kappa shape index (κ3) is 3.24. The average molecular weight is 293 g/mol. The second kappa shape index (κ2) is 6.33. The monoisotopic (exact) mass is 293 g/mol. The molecule has 0 aliphatic heterocycles. The first kappa shape index (κ1) is 14.3. The maximum Gasteiger partial charge on any atom is 0.313 e. The number of benzene rings is 1. The molecule has 1 N–H and O–H groups in total. The van der Waals surface area contributed by atoms with Crippen LogP contribution in [0.15, 0.2) is 42.1 Å². The van der Waals surface area contributed by atoms with Crippen molar-refractivity contribution >= 4 is 17.7 Å². The van der Waals surface area contributed by atoms with Gasteiger partial charge in [-0.2, -0.15) is 0 Å². The van der Waals surface area contributed by atoms with Gasteiger partial charge in [0.05, 0.1) is 5.75 Å². The van der Waals surface area contributed by atoms with Crippen LogP contribution in [0.25, 0.3) is 11.4 Å². The van der Waals surface area contributed by atoms with Gasteiger partial charge in [0.2, 0.25) is 0 Å². The van der Waals surface area contributed by atoms with E-state index in [0.29, 0.717) is 23.1 Å². The third-order valence-corrected chi connectivity index (χ3v) is 3.39. The Morgan fingerprint density at radius 1 is 1.50 bits per heavy atom. The Morgan fingerprint density at radius 2 is 2.30 bits per heavy atom. The number of thioether (sulfide) groups is 1. The number of hydrogen-bond donors (Lipinski definition) is 1. The van der Waals surface area contributed by atoms with Gasteiger partial charge in [-0.15, -0.1) is 16.8 Å². The molecule has 2 rings (SSSR count). The van der Waals surface area contributed by atoms with Gasteiger partial charge >= 0.3 is 5.97 Å². The first-order chi connectivity index (χ1) is 9.61. The van der Waals surface area contributed by atoms with E-state index in [0.717, 1.165) is 11.8 Å². The van der Waals surface area contributed by atoms with Crippen LogP contribution in [0.3, 0.4) is 0 Å². The third-order valence-electron chi connectivity index (χ3n) is 2.44. The van der Waals surface area contributed by atoms with Gasteiger partial charge in [0.15, 0.2) is 11.0 Å². The van der Waals surface area contributed by atoms with Crippen molar-refractivity contribution in [2.24, 2.45) is 0 Å². The summed E-state index contributed by atoms with van der Waals surface area (Å²) in [5.41, 5.74) is 0.585. The Kier molecular flexibility index (Phi) is 4.52. The number of allylic oxidation sites excluding steroid dienone is 1. The Labute approximate surface area is 119 Å². The summed E-state index contributed by atoms with van der Waals surface area (Å²) >= 11 is 1.06. The van der Waals surface area contributed by atoms with E-state index >= 15 is 0 Å². The van der Waals surface area contributed by atoms with E-state index in [1.165, 1.54) is 12.1 Å². The zero-order valence-electron chi connectivity index (χ0n) is 10.5. The van der Waals surface area contributed by atoms with Gasteiger partial charge in [0.1, 0.15) is 5.82 Å². The number of halogens is 1. The molecule has 0 amide bonds. The molecule has 0 atom stereocenters. The lowest BCUT2D eigenvalue weighted by Crippen LogP contribution is -2.03. The van der Waals surface area contributed by atoms with Crippen molar-refractivity contribution in [3.05, 3.63) is 42.7 Å². The van der Waals surface area contributed by atoms with Crippen LogP contribution in [-0.4, -0.2) is 31.6 Å². The van der Waals surface area contributed by atoms with Crippen molar-refractivity contribution in [1.82, 2.24) is 14.8 Å². The van der Waals surface area contributed by atoms with Crippen molar-refractivity contribution in [2.75, 3.05) is 5.75 Å². The van der Waals surface area contributed by atoms with Crippen LogP contribution in [0, 0.1) is 5.82 Å². The number of carboxylic acids is 1. The van der Waals surface area contributed by atoms with Crippen LogP contribution < -0.4 is 0 Å². The predicted molar refractivity (Wildman–Crippen MR) is 74.0 cm³/mol. The van der Waals surface area contributed by atoms with Gasteiger partial charge in [-0.05, 0) is 12.1 Å². The maximum absolute atomic E-state index is 13.3. The van der Waals surface area contributed by atoms with E-state index in [2.05, 4.69) is 16.8 Å². The van der Waals surface area contributed by atoms with E-state index in [1.807, 2.05) is 0 Å². The smallest absolute Gasteiger partial charge is 0.313 e. The first-order valence-corrected chi connectivity index (χ1v) is 6.75. The number of aliphatic carboxylic acids is 1. The van der Waals surface area contributed by atoms with E-state index in [9.17, 15) is 9.18 Å². The summed E-state index contributed by atoms with van der Waals surface area (Å²) in [7, 11) is 0. The molecule has 0 aliphatic rings. The molecule has 20 heavy (non-hydrogen) atoms. The van der Waals surface area contributed by atoms with Gasteiger partial charge in [0, 0.05) is 12.1 Å². The quantitative estimate of drug-likeness (QED) is 0.654. The molecule has 0 unspecified atom stereocenters. The van der Waals surface area contributed by atoms with Crippen LogP contribution in [0.1, 0.15) is 0 Å². The van der Waals surface area contributed by atoms with Crippen molar-refractivity contribution in [2.45, 2.75) is 11.7 Å². The maximum atomic E-state index is 13.3. The molecule has 2 aromatic rings. The molecule has 1 heterocycles. The highest BCUT2D eigenvalue weighted by Gasteiger charge is 2.14. The van der Waals surface area contributed by atoms with Crippen molar-refractivity contribution in [1.29, 1.82) is 0 Å². The summed E-state index contributed by atoms with van der Waals surface area (Å²) in [5, 5.41) is 17.1. The molecule has 1 aromatic carbocycles. The number of aromatic nitrogens is 3. The Bertz CT molecular complexity index is 642. The number of hydrogen-bond acceptors (Lipinski definition) is 4. The molecule has 0 radical (unpaired) electrons. The standard InChI is InChI=1S/C13H12FN3O2S/c1-2-6-17-12(9-4-3-5-10(14)7-9)15-16-13(17)20-8-11(18)19/h2-5,7H,1,6,8H2,(H,18,19). The minimum absolute atomic E-state index is 0.113. The van der Waals surface area contributed by atoms with Crippen LogP contribution in [0.5, 0.6) is 0 Å². The summed E-state index contributed by atoms with van der Waals surface area (Å²) in [4.78, 5) is 10.6. The van der Waals surface area contributed by atoms with Crippen LogP contribution in [0.4, 0.5) is 4.39 Å². The number of carboxylic acid groups (broad SMARTS) is 1. The number of carbonyl (C=O) groups is 1. The highest BCUT2D eigenvalue weighted by atomic mass is 32.2. The highest BCUT2D eigenvalue weighted by molar-refractivity contribution is 7.99. The number of nitrogens with zero attached hydrogens (tertiary/aromatic N) is 3. The summed E-state index contributed by atoms with van der Waals surface area (Å²) in [5.74, 6) is -0.929. The lowest BCUT2D eigenvalue weighted by molar-refractivity contribution is -0.133. The van der Waals surface area contributed by atoms with E-state index in [-0.39, 0.29) is 11.6 Å². The van der Waals surface area contributed by atoms with Crippen molar-refractivity contribution < 1.29 is 14.3 Å². The highest BCUT2D eigenvalue weighted by Crippen LogP contribution is 2.24. The van der Waals surface area contributed by atoms with E-state index in [1.54, 1.807) is 22.8 Å². The summed E-state index contributed by atoms with van der Waals surface area (Å²) in [6.45, 7) is 4.07. The van der Waals surface area contributed by atoms with Crippen LogP contribution in [0.2, 0.25) is 0 Å². The molecular weight excluding hydrogens is 281 g/mol. The zero-order valence-corrected chi connectivity index (χ0v) is 11.3. The Hall–Kier alpha value is -2.15. The van der Waals surface area contributed by atoms with E-state index in [4.69, 9.17) is 5.11 Å². The first-order valence-electron chi connectivity index (χ1n) is 5.76. The molecule has 1 aromatic heterocycles. The normalized spacial score (nSPS) is 10.4. The summed E-state index contributed by atoms with van der Waals surface area (Å²) in [6.07, 6.45) is 1.65. The Balaban J connectivity index is 2.38. The minimum atomic E-state index is -0.935. The molecule has 0 saturated heterocycles. The zero-order chi connectivity index (χ0) is 14.5. The molecule has 7 heteroatoms. The second-order valence-corrected chi connectivity index (χ2v) is 4.84. The lowest BCUT2D eigenvalue weighted by atomic mass is 10.2. The fourth-order valence-electron chi connectivity index (χ4n) is 1.66. The van der Waals surface area contributed by atoms with Crippen LogP contribution >= 0.6 is 11.8 Å². The number of rotatable bonds is 6. The molecule has 104 valence electrons. The fraction of sp³-hybridized carbons (Fsp3) is 0.154. The molecule has 5 nitrogen and oxygen atoms in total. The molecule has 0 saturated carbocycles. The summed E-state index contributed by atoms with van der Waals surface area (Å²) < 4.78 is 15.0. The van der Waals surface area contributed by atoms with Gasteiger partial charge < -0.3 is 5.11 Å². The van der Waals surface area contributed by atoms with E-state index < -0.39 is 5.97 Å². The minimum Gasteiger partial charge on any atom is -0.481 e. The molecule has 0 fully saturated rings. The topological polar surface area (TPSA) is 68.0 Å². The van der Waals surface area contributed by atoms with Crippen LogP contribution in [-0.2, 0) is 11.3 Å². The van der Waals surface area contributed by atoms with Gasteiger partial charge in [-0.1, -0.05) is 30.0 Å². The SMILES string of the molecule is C=CCn1c(SCC(=O)O)nnc1-c1cccc(F)c1. The largest absolute Gasteiger partial charge is 0.481 e. The van der Waals surface area contributed by atoms with Crippen molar-refractivity contribution in [3.63, 3.8) is 0 Å². The lowest BCUT2D eigenvalue weighted by Gasteiger charge is -2.07.